The van der Waals surface area contributed by atoms with Crippen molar-refractivity contribution in [1.82, 2.24) is 0 Å². The first-order valence-electron chi connectivity index (χ1n) is 8.10. The Morgan fingerprint density at radius 1 is 0.952 bits per heavy atom. The summed E-state index contributed by atoms with van der Waals surface area (Å²) >= 11 is 3.66. The zero-order valence-corrected chi connectivity index (χ0v) is 14.0. The fraction of sp³-hybridized carbons (Fsp3) is 0.647. The largest absolute Gasteiger partial charge is 0.486 e. The summed E-state index contributed by atoms with van der Waals surface area (Å²) in [5.41, 5.74) is 7.76. The van der Waals surface area contributed by atoms with Crippen molar-refractivity contribution in [1.29, 1.82) is 0 Å². The van der Waals surface area contributed by atoms with Crippen LogP contribution in [-0.2, 0) is 0 Å². The molecule has 1 unspecified atom stereocenters. The molecule has 0 bridgehead atoms. The lowest BCUT2D eigenvalue weighted by molar-refractivity contribution is 0.171. The normalized spacial score (nSPS) is 21.4. The van der Waals surface area contributed by atoms with E-state index in [1.807, 2.05) is 6.07 Å². The molecule has 3 rings (SSSR count). The highest BCUT2D eigenvalue weighted by Gasteiger charge is 2.24. The quantitative estimate of drug-likeness (QED) is 0.845. The van der Waals surface area contributed by atoms with Crippen LogP contribution in [0.3, 0.4) is 0 Å². The van der Waals surface area contributed by atoms with Crippen LogP contribution in [-0.4, -0.2) is 13.2 Å². The number of nitrogens with two attached hydrogens (primary N) is 1. The van der Waals surface area contributed by atoms with Gasteiger partial charge in [-0.3, -0.25) is 0 Å². The van der Waals surface area contributed by atoms with E-state index < -0.39 is 0 Å². The van der Waals surface area contributed by atoms with Gasteiger partial charge in [-0.2, -0.15) is 0 Å². The Kier molecular flexibility index (Phi) is 5.07. The van der Waals surface area contributed by atoms with E-state index in [1.165, 1.54) is 44.9 Å². The van der Waals surface area contributed by atoms with Gasteiger partial charge in [0, 0.05) is 10.5 Å². The maximum atomic E-state index is 6.60. The molecule has 3 nitrogen and oxygen atoms in total. The van der Waals surface area contributed by atoms with Crippen molar-refractivity contribution >= 4 is 15.9 Å². The second-order valence-corrected chi connectivity index (χ2v) is 7.00. The van der Waals surface area contributed by atoms with Crippen molar-refractivity contribution < 1.29 is 9.47 Å². The van der Waals surface area contributed by atoms with Crippen LogP contribution in [0, 0.1) is 5.92 Å². The molecule has 0 saturated heterocycles. The van der Waals surface area contributed by atoms with E-state index in [1.54, 1.807) is 0 Å². The molecule has 116 valence electrons. The molecule has 0 aromatic heterocycles. The minimum absolute atomic E-state index is 0.0771. The van der Waals surface area contributed by atoms with E-state index in [2.05, 4.69) is 22.0 Å². The SMILES string of the molecule is NC(c1cc2c(cc1Br)OCCO2)C1CCCCCCC1. The Morgan fingerprint density at radius 3 is 2.19 bits per heavy atom. The van der Waals surface area contributed by atoms with Crippen LogP contribution in [0.25, 0.3) is 0 Å². The summed E-state index contributed by atoms with van der Waals surface area (Å²) in [5.74, 6) is 2.23. The van der Waals surface area contributed by atoms with E-state index in [-0.39, 0.29) is 6.04 Å². The van der Waals surface area contributed by atoms with Gasteiger partial charge in [-0.15, -0.1) is 0 Å². The predicted molar refractivity (Wildman–Crippen MR) is 87.9 cm³/mol. The molecule has 1 aromatic carbocycles. The van der Waals surface area contributed by atoms with Crippen LogP contribution < -0.4 is 15.2 Å². The van der Waals surface area contributed by atoms with Crippen LogP contribution in [0.1, 0.15) is 56.6 Å². The predicted octanol–water partition coefficient (Wildman–Crippen LogP) is 4.58. The number of rotatable bonds is 2. The van der Waals surface area contributed by atoms with Crippen molar-refractivity contribution in [3.63, 3.8) is 0 Å². The molecule has 21 heavy (non-hydrogen) atoms. The Bertz CT molecular complexity index is 484. The van der Waals surface area contributed by atoms with Gasteiger partial charge < -0.3 is 15.2 Å². The van der Waals surface area contributed by atoms with E-state index in [0.717, 1.165) is 21.5 Å². The lowest BCUT2D eigenvalue weighted by atomic mass is 9.83. The van der Waals surface area contributed by atoms with Crippen molar-refractivity contribution in [2.75, 3.05) is 13.2 Å². The first-order valence-corrected chi connectivity index (χ1v) is 8.89. The van der Waals surface area contributed by atoms with Crippen molar-refractivity contribution in [2.45, 2.75) is 51.0 Å². The average Bonchev–Trinajstić information content (AvgIpc) is 2.45. The van der Waals surface area contributed by atoms with E-state index in [4.69, 9.17) is 15.2 Å². The van der Waals surface area contributed by atoms with Gasteiger partial charge in [-0.1, -0.05) is 48.0 Å². The molecule has 4 heteroatoms. The zero-order valence-electron chi connectivity index (χ0n) is 12.4. The topological polar surface area (TPSA) is 44.5 Å². The first-order chi connectivity index (χ1) is 10.3. The zero-order chi connectivity index (χ0) is 14.7. The average molecular weight is 354 g/mol. The van der Waals surface area contributed by atoms with Crippen molar-refractivity contribution in [3.8, 4) is 11.5 Å². The molecule has 1 heterocycles. The fourth-order valence-corrected chi connectivity index (χ4v) is 4.02. The van der Waals surface area contributed by atoms with Gasteiger partial charge in [-0.25, -0.2) is 0 Å². The fourth-order valence-electron chi connectivity index (χ4n) is 3.44. The molecular formula is C17H24BrNO2. The Morgan fingerprint density at radius 2 is 1.52 bits per heavy atom. The molecule has 1 saturated carbocycles. The first kappa shape index (κ1) is 15.2. The van der Waals surface area contributed by atoms with Gasteiger partial charge in [-0.05, 0) is 36.5 Å². The second kappa shape index (κ2) is 7.01. The summed E-state index contributed by atoms with van der Waals surface area (Å²) in [6.45, 7) is 1.24. The van der Waals surface area contributed by atoms with Gasteiger partial charge in [0.15, 0.2) is 11.5 Å². The lowest BCUT2D eigenvalue weighted by Gasteiger charge is -2.28. The van der Waals surface area contributed by atoms with E-state index >= 15 is 0 Å². The molecular weight excluding hydrogens is 330 g/mol. The minimum atomic E-state index is 0.0771. The summed E-state index contributed by atoms with van der Waals surface area (Å²) in [5, 5.41) is 0. The Hall–Kier alpha value is -0.740. The third-order valence-corrected chi connectivity index (χ3v) is 5.37. The molecule has 1 fully saturated rings. The monoisotopic (exact) mass is 353 g/mol. The minimum Gasteiger partial charge on any atom is -0.486 e. The highest BCUT2D eigenvalue weighted by atomic mass is 79.9. The molecule has 1 aliphatic heterocycles. The smallest absolute Gasteiger partial charge is 0.162 e. The van der Waals surface area contributed by atoms with E-state index in [9.17, 15) is 0 Å². The number of hydrogen-bond acceptors (Lipinski definition) is 3. The van der Waals surface area contributed by atoms with Crippen LogP contribution in [0.4, 0.5) is 0 Å². The summed E-state index contributed by atoms with van der Waals surface area (Å²) in [6.07, 6.45) is 9.18. The number of halogens is 1. The third-order valence-electron chi connectivity index (χ3n) is 4.68. The maximum absolute atomic E-state index is 6.60. The molecule has 1 atom stereocenters. The molecule has 0 spiro atoms. The standard InChI is InChI=1S/C17H24BrNO2/c18-14-11-16-15(20-8-9-21-16)10-13(14)17(19)12-6-4-2-1-3-5-7-12/h10-12,17H,1-9,19H2. The Labute approximate surface area is 135 Å². The highest BCUT2D eigenvalue weighted by Crippen LogP contribution is 2.41. The van der Waals surface area contributed by atoms with Gasteiger partial charge in [0.05, 0.1) is 0 Å². The molecule has 1 aromatic rings. The second-order valence-electron chi connectivity index (χ2n) is 6.15. The Balaban J connectivity index is 1.80. The van der Waals surface area contributed by atoms with Crippen LogP contribution in [0.15, 0.2) is 16.6 Å². The molecule has 0 radical (unpaired) electrons. The number of fused-ring (bicyclic) bond motifs is 1. The van der Waals surface area contributed by atoms with Crippen LogP contribution in [0.2, 0.25) is 0 Å². The van der Waals surface area contributed by atoms with Gasteiger partial charge in [0.25, 0.3) is 0 Å². The number of ether oxygens (including phenoxy) is 2. The third kappa shape index (κ3) is 3.54. The maximum Gasteiger partial charge on any atom is 0.162 e. The van der Waals surface area contributed by atoms with Crippen molar-refractivity contribution in [3.05, 3.63) is 22.2 Å². The molecule has 2 N–H and O–H groups in total. The molecule has 0 amide bonds. The van der Waals surface area contributed by atoms with Crippen molar-refractivity contribution in [2.24, 2.45) is 11.7 Å². The highest BCUT2D eigenvalue weighted by molar-refractivity contribution is 9.10. The number of hydrogen-bond donors (Lipinski definition) is 1. The summed E-state index contributed by atoms with van der Waals surface area (Å²) < 4.78 is 12.4. The summed E-state index contributed by atoms with van der Waals surface area (Å²) in [4.78, 5) is 0. The van der Waals surface area contributed by atoms with Gasteiger partial charge >= 0.3 is 0 Å². The van der Waals surface area contributed by atoms with E-state index in [0.29, 0.717) is 19.1 Å². The number of benzene rings is 1. The van der Waals surface area contributed by atoms with Crippen LogP contribution >= 0.6 is 15.9 Å². The summed E-state index contributed by atoms with van der Waals surface area (Å²) in [7, 11) is 0. The summed E-state index contributed by atoms with van der Waals surface area (Å²) in [6, 6.07) is 4.16. The van der Waals surface area contributed by atoms with Gasteiger partial charge in [0.2, 0.25) is 0 Å². The van der Waals surface area contributed by atoms with Gasteiger partial charge in [0.1, 0.15) is 13.2 Å². The molecule has 2 aliphatic rings. The lowest BCUT2D eigenvalue weighted by Crippen LogP contribution is -2.23. The van der Waals surface area contributed by atoms with Crippen LogP contribution in [0.5, 0.6) is 11.5 Å². The molecule has 1 aliphatic carbocycles.